The third-order valence-corrected chi connectivity index (χ3v) is 1.95. The fourth-order valence-corrected chi connectivity index (χ4v) is 1.04. The average Bonchev–Trinajstić information content (AvgIpc) is 2.17. The molecule has 1 unspecified atom stereocenters. The third kappa shape index (κ3) is 1.92. The molecule has 2 nitrogen and oxygen atoms in total. The Morgan fingerprint density at radius 2 is 2.00 bits per heavy atom. The fraction of sp³-hybridized carbons (Fsp3) is 0.300. The van der Waals surface area contributed by atoms with E-state index in [1.807, 2.05) is 31.2 Å². The first-order chi connectivity index (χ1) is 5.77. The lowest BCUT2D eigenvalue weighted by molar-refractivity contribution is -0.108. The molecule has 0 aliphatic rings. The summed E-state index contributed by atoms with van der Waals surface area (Å²) in [5, 5.41) is 0. The van der Waals surface area contributed by atoms with Crippen LogP contribution in [0.4, 0.5) is 0 Å². The van der Waals surface area contributed by atoms with Crippen molar-refractivity contribution in [3.8, 4) is 0 Å². The summed E-state index contributed by atoms with van der Waals surface area (Å²) in [4.78, 5) is 10.4. The maximum absolute atomic E-state index is 10.4. The van der Waals surface area contributed by atoms with Crippen LogP contribution < -0.4 is 5.73 Å². The molecule has 1 rings (SSSR count). The van der Waals surface area contributed by atoms with Crippen LogP contribution in [0.5, 0.6) is 0 Å². The van der Waals surface area contributed by atoms with Gasteiger partial charge in [-0.2, -0.15) is 0 Å². The van der Waals surface area contributed by atoms with E-state index < -0.39 is 0 Å². The van der Waals surface area contributed by atoms with Crippen molar-refractivity contribution in [2.75, 3.05) is 0 Å². The van der Waals surface area contributed by atoms with Gasteiger partial charge in [0.1, 0.15) is 6.29 Å². The molecule has 0 saturated heterocycles. The van der Waals surface area contributed by atoms with Crippen LogP contribution in [0, 0.1) is 0 Å². The number of aldehydes is 1. The van der Waals surface area contributed by atoms with Crippen molar-refractivity contribution in [1.29, 1.82) is 0 Å². The first kappa shape index (κ1) is 8.94. The minimum Gasteiger partial charge on any atom is -0.326 e. The van der Waals surface area contributed by atoms with E-state index >= 15 is 0 Å². The van der Waals surface area contributed by atoms with Crippen LogP contribution >= 0.6 is 0 Å². The van der Waals surface area contributed by atoms with E-state index in [2.05, 4.69) is 0 Å². The van der Waals surface area contributed by atoms with E-state index in [0.717, 1.165) is 17.4 Å². The molecule has 2 N–H and O–H groups in total. The highest BCUT2D eigenvalue weighted by molar-refractivity contribution is 5.61. The molecule has 12 heavy (non-hydrogen) atoms. The number of rotatable bonds is 3. The van der Waals surface area contributed by atoms with Gasteiger partial charge < -0.3 is 10.5 Å². The molecule has 64 valence electrons. The number of benzene rings is 1. The summed E-state index contributed by atoms with van der Waals surface area (Å²) in [5.74, 6) is -0.0168. The molecule has 0 amide bonds. The van der Waals surface area contributed by atoms with Gasteiger partial charge in [0.25, 0.3) is 0 Å². The van der Waals surface area contributed by atoms with E-state index in [1.165, 1.54) is 0 Å². The second-order valence-electron chi connectivity index (χ2n) is 2.87. The van der Waals surface area contributed by atoms with Gasteiger partial charge in [-0.3, -0.25) is 0 Å². The zero-order valence-corrected chi connectivity index (χ0v) is 7.16. The van der Waals surface area contributed by atoms with Gasteiger partial charge in [0.15, 0.2) is 0 Å². The van der Waals surface area contributed by atoms with Crippen molar-refractivity contribution in [3.05, 3.63) is 35.4 Å². The SMILES string of the molecule is CC(C=O)c1ccc(CN)cc1. The highest BCUT2D eigenvalue weighted by Gasteiger charge is 2.01. The Labute approximate surface area is 72.4 Å². The van der Waals surface area contributed by atoms with Gasteiger partial charge in [-0.1, -0.05) is 31.2 Å². The molecule has 0 bridgehead atoms. The molecule has 1 aromatic carbocycles. The largest absolute Gasteiger partial charge is 0.326 e. The second-order valence-corrected chi connectivity index (χ2v) is 2.87. The number of carbonyl (C=O) groups excluding carboxylic acids is 1. The Balaban J connectivity index is 2.84. The molecule has 2 heteroatoms. The quantitative estimate of drug-likeness (QED) is 0.685. The van der Waals surface area contributed by atoms with E-state index in [4.69, 9.17) is 5.73 Å². The Kier molecular flexibility index (Phi) is 3.00. The van der Waals surface area contributed by atoms with Crippen LogP contribution in [0.2, 0.25) is 0 Å². The summed E-state index contributed by atoms with van der Waals surface area (Å²) in [5.41, 5.74) is 7.58. The number of hydrogen-bond donors (Lipinski definition) is 1. The fourth-order valence-electron chi connectivity index (χ4n) is 1.04. The zero-order chi connectivity index (χ0) is 8.97. The van der Waals surface area contributed by atoms with Crippen molar-refractivity contribution < 1.29 is 4.79 Å². The summed E-state index contributed by atoms with van der Waals surface area (Å²) in [6, 6.07) is 7.80. The second kappa shape index (κ2) is 4.02. The monoisotopic (exact) mass is 163 g/mol. The van der Waals surface area contributed by atoms with Crippen LogP contribution in [0.15, 0.2) is 24.3 Å². The minimum atomic E-state index is -0.0168. The maximum atomic E-state index is 10.4. The Morgan fingerprint density at radius 3 is 2.42 bits per heavy atom. The smallest absolute Gasteiger partial charge is 0.127 e. The number of carbonyl (C=O) groups is 1. The van der Waals surface area contributed by atoms with Crippen molar-refractivity contribution in [1.82, 2.24) is 0 Å². The topological polar surface area (TPSA) is 43.1 Å². The molecule has 0 aliphatic carbocycles. The van der Waals surface area contributed by atoms with Crippen molar-refractivity contribution in [2.24, 2.45) is 5.73 Å². The molecular weight excluding hydrogens is 150 g/mol. The maximum Gasteiger partial charge on any atom is 0.127 e. The lowest BCUT2D eigenvalue weighted by Gasteiger charge is -2.04. The average molecular weight is 163 g/mol. The van der Waals surface area contributed by atoms with Gasteiger partial charge in [-0.05, 0) is 11.1 Å². The van der Waals surface area contributed by atoms with Crippen LogP contribution in [0.3, 0.4) is 0 Å². The van der Waals surface area contributed by atoms with Crippen molar-refractivity contribution in [3.63, 3.8) is 0 Å². The van der Waals surface area contributed by atoms with E-state index in [-0.39, 0.29) is 5.92 Å². The summed E-state index contributed by atoms with van der Waals surface area (Å²) < 4.78 is 0. The molecule has 0 spiro atoms. The molecule has 0 aliphatic heterocycles. The number of hydrogen-bond acceptors (Lipinski definition) is 2. The van der Waals surface area contributed by atoms with Gasteiger partial charge in [-0.15, -0.1) is 0 Å². The van der Waals surface area contributed by atoms with E-state index in [9.17, 15) is 4.79 Å². The van der Waals surface area contributed by atoms with Crippen LogP contribution in [-0.4, -0.2) is 6.29 Å². The molecule has 0 fully saturated rings. The van der Waals surface area contributed by atoms with Gasteiger partial charge >= 0.3 is 0 Å². The van der Waals surface area contributed by atoms with Gasteiger partial charge in [0.2, 0.25) is 0 Å². The molecule has 1 aromatic rings. The Hall–Kier alpha value is -1.15. The Morgan fingerprint density at radius 1 is 1.42 bits per heavy atom. The highest BCUT2D eigenvalue weighted by Crippen LogP contribution is 2.12. The molecule has 0 aromatic heterocycles. The van der Waals surface area contributed by atoms with Crippen molar-refractivity contribution >= 4 is 6.29 Å². The predicted octanol–water partition coefficient (Wildman–Crippen LogP) is 1.45. The summed E-state index contributed by atoms with van der Waals surface area (Å²) in [7, 11) is 0. The van der Waals surface area contributed by atoms with E-state index in [0.29, 0.717) is 6.54 Å². The van der Waals surface area contributed by atoms with E-state index in [1.54, 1.807) is 0 Å². The van der Waals surface area contributed by atoms with Crippen LogP contribution in [0.1, 0.15) is 24.0 Å². The molecule has 0 radical (unpaired) electrons. The summed E-state index contributed by atoms with van der Waals surface area (Å²) >= 11 is 0. The van der Waals surface area contributed by atoms with Gasteiger partial charge in [0.05, 0.1) is 0 Å². The normalized spacial score (nSPS) is 12.5. The zero-order valence-electron chi connectivity index (χ0n) is 7.16. The molecule has 0 saturated carbocycles. The van der Waals surface area contributed by atoms with Crippen LogP contribution in [0.25, 0.3) is 0 Å². The molecule has 0 heterocycles. The molecular formula is C10H13NO. The van der Waals surface area contributed by atoms with Crippen molar-refractivity contribution in [2.45, 2.75) is 19.4 Å². The Bertz CT molecular complexity index is 253. The third-order valence-electron chi connectivity index (χ3n) is 1.95. The standard InChI is InChI=1S/C10H13NO/c1-8(7-12)10-4-2-9(6-11)3-5-10/h2-5,7-8H,6,11H2,1H3. The summed E-state index contributed by atoms with van der Waals surface area (Å²) in [6.45, 7) is 2.43. The molecule has 1 atom stereocenters. The lowest BCUT2D eigenvalue weighted by atomic mass is 10.0. The lowest BCUT2D eigenvalue weighted by Crippen LogP contribution is -1.98. The van der Waals surface area contributed by atoms with Gasteiger partial charge in [-0.25, -0.2) is 0 Å². The van der Waals surface area contributed by atoms with Gasteiger partial charge in [0, 0.05) is 12.5 Å². The predicted molar refractivity (Wildman–Crippen MR) is 48.8 cm³/mol. The van der Waals surface area contributed by atoms with Crippen LogP contribution in [-0.2, 0) is 11.3 Å². The highest BCUT2D eigenvalue weighted by atomic mass is 16.1. The summed E-state index contributed by atoms with van der Waals surface area (Å²) in [6.07, 6.45) is 0.942. The number of nitrogens with two attached hydrogens (primary N) is 1. The first-order valence-electron chi connectivity index (χ1n) is 4.02. The minimum absolute atomic E-state index is 0.0168. The first-order valence-corrected chi connectivity index (χ1v) is 4.02.